The smallest absolute Gasteiger partial charge is 0.120 e. The lowest BCUT2D eigenvalue weighted by atomic mass is 9.96. The van der Waals surface area contributed by atoms with Crippen LogP contribution in [0.25, 0.3) is 5.57 Å². The molecule has 1 nitrogen and oxygen atoms in total. The SMILES string of the molecule is C[NH+]CCCC=C(c1ccccc1)c1ccccc1. The number of hydrogen-bond donors (Lipinski definition) is 1. The number of allylic oxidation sites excluding steroid dienone is 1. The molecule has 97 valence electrons. The molecule has 2 aromatic carbocycles. The van der Waals surface area contributed by atoms with Crippen LogP contribution in [0.1, 0.15) is 24.0 Å². The van der Waals surface area contributed by atoms with E-state index in [4.69, 9.17) is 0 Å². The van der Waals surface area contributed by atoms with E-state index in [1.54, 1.807) is 0 Å². The topological polar surface area (TPSA) is 15.6 Å². The molecule has 0 atom stereocenters. The lowest BCUT2D eigenvalue weighted by Crippen LogP contribution is -2.79. The fourth-order valence-corrected chi connectivity index (χ4v) is 2.16. The molecule has 2 rings (SSSR count). The lowest BCUT2D eigenvalue weighted by Gasteiger charge is -2.08. The van der Waals surface area contributed by atoms with Crippen LogP contribution >= 0.6 is 0 Å². The summed E-state index contributed by atoms with van der Waals surface area (Å²) < 4.78 is 0. The third kappa shape index (κ3) is 4.08. The quantitative estimate of drug-likeness (QED) is 0.760. The molecule has 0 saturated heterocycles. The molecule has 0 aliphatic carbocycles. The van der Waals surface area contributed by atoms with Gasteiger partial charge in [0.1, 0.15) is 13.6 Å². The van der Waals surface area contributed by atoms with Crippen LogP contribution in [0.15, 0.2) is 66.7 Å². The summed E-state index contributed by atoms with van der Waals surface area (Å²) in [6.07, 6.45) is 4.61. The van der Waals surface area contributed by atoms with Crippen molar-refractivity contribution in [1.29, 1.82) is 0 Å². The molecule has 0 unspecified atom stereocenters. The molecule has 0 bridgehead atoms. The molecule has 0 amide bonds. The Labute approximate surface area is 116 Å². The zero-order valence-corrected chi connectivity index (χ0v) is 11.5. The van der Waals surface area contributed by atoms with E-state index in [-0.39, 0.29) is 0 Å². The van der Waals surface area contributed by atoms with Crippen molar-refractivity contribution in [2.45, 2.75) is 12.8 Å². The van der Waals surface area contributed by atoms with Gasteiger partial charge in [-0.15, -0.1) is 0 Å². The first-order chi connectivity index (χ1) is 9.42. The maximum atomic E-state index is 3.19. The van der Waals surface area contributed by atoms with Crippen molar-refractivity contribution >= 4 is 5.57 Å². The van der Waals surface area contributed by atoms with Gasteiger partial charge in [0, 0.05) is 6.42 Å². The molecule has 0 heterocycles. The minimum atomic E-state index is 1.06. The van der Waals surface area contributed by atoms with Crippen LogP contribution in [0.5, 0.6) is 0 Å². The van der Waals surface area contributed by atoms with E-state index >= 15 is 0 Å². The summed E-state index contributed by atoms with van der Waals surface area (Å²) >= 11 is 0. The minimum Gasteiger partial charge on any atom is -0.185 e. The van der Waals surface area contributed by atoms with Crippen molar-refractivity contribution in [2.75, 3.05) is 13.6 Å². The average molecular weight is 251 g/mol. The number of unbranched alkanes of at least 4 members (excludes halogenated alkanes) is 1. The Hall–Kier alpha value is -1.86. The molecule has 0 aliphatic rings. The van der Waals surface area contributed by atoms with E-state index in [9.17, 15) is 0 Å². The van der Waals surface area contributed by atoms with Crippen LogP contribution in [0, 0.1) is 0 Å². The lowest BCUT2D eigenvalue weighted by molar-refractivity contribution is -0.627. The van der Waals surface area contributed by atoms with E-state index in [0.717, 1.165) is 13.0 Å². The van der Waals surface area contributed by atoms with E-state index in [1.165, 1.54) is 23.1 Å². The third-order valence-electron chi connectivity index (χ3n) is 3.15. The van der Waals surface area contributed by atoms with E-state index in [0.29, 0.717) is 0 Å². The Bertz CT molecular complexity index is 458. The third-order valence-corrected chi connectivity index (χ3v) is 3.15. The number of hydrogen-bond acceptors (Lipinski definition) is 1. The van der Waals surface area contributed by atoms with Crippen LogP contribution in [0.3, 0.4) is 0 Å². The van der Waals surface area contributed by atoms with Crippen molar-refractivity contribution in [1.82, 2.24) is 0 Å². The largest absolute Gasteiger partial charge is 0.185 e. The van der Waals surface area contributed by atoms with Crippen molar-refractivity contribution in [3.8, 4) is 0 Å². The van der Waals surface area contributed by atoms with Gasteiger partial charge < -0.3 is 0 Å². The van der Waals surface area contributed by atoms with Gasteiger partial charge in [-0.05, 0) is 23.1 Å². The zero-order chi connectivity index (χ0) is 13.3. The molecular formula is C18H21N+. The number of nitrogens with one attached hydrogen (secondary N) is 1. The Morgan fingerprint density at radius 2 is 1.42 bits per heavy atom. The molecule has 0 fully saturated rings. The van der Waals surface area contributed by atoms with E-state index < -0.39 is 0 Å². The standard InChI is InChI=1S/C18H21N/c1-19-15-9-8-14-18(16-10-4-2-5-11-16)17-12-6-3-7-13-17/h2-7,10-14,19H,8-9,15H2,1H3/q+1. The highest BCUT2D eigenvalue weighted by molar-refractivity contribution is 5.79. The highest BCUT2D eigenvalue weighted by Gasteiger charge is 2.03. The first kappa shape index (κ1) is 13.6. The first-order valence-electron chi connectivity index (χ1n) is 6.87. The van der Waals surface area contributed by atoms with Crippen LogP contribution in [-0.2, 0) is 0 Å². The highest BCUT2D eigenvalue weighted by atomic mass is 14.8. The summed E-state index contributed by atoms with van der Waals surface area (Å²) in [5.41, 5.74) is 3.91. The van der Waals surface area contributed by atoms with E-state index in [1.807, 2.05) is 7.05 Å². The minimum absolute atomic E-state index is 1.06. The van der Waals surface area contributed by atoms with Crippen LogP contribution in [0.2, 0.25) is 0 Å². The highest BCUT2D eigenvalue weighted by Crippen LogP contribution is 2.23. The molecule has 19 heavy (non-hydrogen) atoms. The van der Waals surface area contributed by atoms with Crippen molar-refractivity contribution < 1.29 is 5.32 Å². The van der Waals surface area contributed by atoms with Crippen LogP contribution in [-0.4, -0.2) is 13.6 Å². The Morgan fingerprint density at radius 3 is 1.89 bits per heavy atom. The average Bonchev–Trinajstić information content (AvgIpc) is 2.49. The summed E-state index contributed by atoms with van der Waals surface area (Å²) in [6.45, 7) is 1.06. The van der Waals surface area contributed by atoms with Gasteiger partial charge in [-0.3, -0.25) is 0 Å². The van der Waals surface area contributed by atoms with Gasteiger partial charge in [0.25, 0.3) is 0 Å². The first-order valence-corrected chi connectivity index (χ1v) is 6.87. The molecule has 0 aromatic heterocycles. The second kappa shape index (κ2) is 7.55. The molecule has 0 spiro atoms. The van der Waals surface area contributed by atoms with Crippen LogP contribution in [0.4, 0.5) is 0 Å². The van der Waals surface area contributed by atoms with Gasteiger partial charge >= 0.3 is 0 Å². The fourth-order valence-electron chi connectivity index (χ4n) is 2.16. The second-order valence-electron chi connectivity index (χ2n) is 4.60. The summed E-state index contributed by atoms with van der Waals surface area (Å²) in [4.78, 5) is 0. The molecule has 1 radical (unpaired) electrons. The Morgan fingerprint density at radius 1 is 0.895 bits per heavy atom. The maximum Gasteiger partial charge on any atom is 0.120 e. The summed E-state index contributed by atoms with van der Waals surface area (Å²) in [7, 11) is 2.00. The number of benzene rings is 2. The monoisotopic (exact) mass is 251 g/mol. The summed E-state index contributed by atoms with van der Waals surface area (Å²) in [5, 5.41) is 3.19. The van der Waals surface area contributed by atoms with Crippen LogP contribution < -0.4 is 5.32 Å². The molecule has 1 heteroatoms. The fraction of sp³-hybridized carbons (Fsp3) is 0.222. The predicted octanol–water partition coefficient (Wildman–Crippen LogP) is 2.88. The maximum absolute atomic E-state index is 3.19. The summed E-state index contributed by atoms with van der Waals surface area (Å²) in [5.74, 6) is 0. The van der Waals surface area contributed by atoms with Crippen molar-refractivity contribution in [3.63, 3.8) is 0 Å². The van der Waals surface area contributed by atoms with Gasteiger partial charge in [-0.1, -0.05) is 66.7 Å². The van der Waals surface area contributed by atoms with Gasteiger partial charge in [-0.25, -0.2) is 0 Å². The van der Waals surface area contributed by atoms with E-state index in [2.05, 4.69) is 72.1 Å². The molecule has 0 saturated carbocycles. The van der Waals surface area contributed by atoms with Gasteiger partial charge in [0.2, 0.25) is 0 Å². The Kier molecular flexibility index (Phi) is 5.39. The van der Waals surface area contributed by atoms with Gasteiger partial charge in [0.05, 0.1) is 0 Å². The number of rotatable bonds is 6. The predicted molar refractivity (Wildman–Crippen MR) is 81.0 cm³/mol. The molecule has 1 N–H and O–H groups in total. The Balaban J connectivity index is 2.24. The second-order valence-corrected chi connectivity index (χ2v) is 4.60. The molecule has 2 aromatic rings. The molecule has 0 aliphatic heterocycles. The van der Waals surface area contributed by atoms with Crippen molar-refractivity contribution in [3.05, 3.63) is 77.9 Å². The summed E-state index contributed by atoms with van der Waals surface area (Å²) in [6, 6.07) is 21.2. The normalized spacial score (nSPS) is 10.2. The van der Waals surface area contributed by atoms with Gasteiger partial charge in [-0.2, -0.15) is 5.32 Å². The molecular weight excluding hydrogens is 230 g/mol. The van der Waals surface area contributed by atoms with Gasteiger partial charge in [0.15, 0.2) is 0 Å². The zero-order valence-electron chi connectivity index (χ0n) is 11.5. The van der Waals surface area contributed by atoms with Crippen molar-refractivity contribution in [2.24, 2.45) is 0 Å².